The fraction of sp³-hybridized carbons (Fsp3) is 0.235. The van der Waals surface area contributed by atoms with Crippen LogP contribution in [-0.4, -0.2) is 37.1 Å². The number of nitrogens with one attached hydrogen (secondary N) is 1. The summed E-state index contributed by atoms with van der Waals surface area (Å²) in [6.45, 7) is 0. The zero-order valence-electron chi connectivity index (χ0n) is 13.3. The Hall–Kier alpha value is -2.41. The zero-order valence-corrected chi connectivity index (χ0v) is 14.9. The Morgan fingerprint density at radius 1 is 1.25 bits per heavy atom. The summed E-state index contributed by atoms with van der Waals surface area (Å²) in [4.78, 5) is 28.5. The number of amides is 1. The molecule has 0 aliphatic carbocycles. The molecule has 0 aliphatic heterocycles. The molecule has 1 aromatic heterocycles. The molecule has 1 atom stereocenters. The van der Waals surface area contributed by atoms with Crippen molar-refractivity contribution < 1.29 is 19.1 Å². The highest BCUT2D eigenvalue weighted by Gasteiger charge is 2.24. The van der Waals surface area contributed by atoms with Gasteiger partial charge in [0.05, 0.1) is 14.2 Å². The van der Waals surface area contributed by atoms with E-state index in [9.17, 15) is 9.59 Å². The minimum Gasteiger partial charge on any atom is -0.481 e. The van der Waals surface area contributed by atoms with E-state index in [1.54, 1.807) is 36.5 Å². The molecule has 1 N–H and O–H groups in total. The topological polar surface area (TPSA) is 77.5 Å². The molecular formula is C17H17BrN2O4. The van der Waals surface area contributed by atoms with Crippen molar-refractivity contribution in [1.82, 2.24) is 10.3 Å². The molecule has 0 aliphatic rings. The number of ether oxygens (including phenoxy) is 2. The van der Waals surface area contributed by atoms with Gasteiger partial charge in [0.1, 0.15) is 6.04 Å². The Morgan fingerprint density at radius 2 is 2.04 bits per heavy atom. The van der Waals surface area contributed by atoms with E-state index in [-0.39, 0.29) is 12.3 Å². The Kier molecular flexibility index (Phi) is 6.31. The predicted octanol–water partition coefficient (Wildman–Crippen LogP) is 2.37. The standard InChI is InChI=1S/C17H17BrN2O4/c1-23-16-12(6-4-8-19-16)10-14(17(22)24-2)20-15(21)11-5-3-7-13(18)9-11/h3-9,14H,10H2,1-2H3,(H,20,21)/t14-/m0/s1. The minimum atomic E-state index is -0.848. The zero-order chi connectivity index (χ0) is 17.5. The molecule has 2 rings (SSSR count). The smallest absolute Gasteiger partial charge is 0.328 e. The van der Waals surface area contributed by atoms with E-state index in [4.69, 9.17) is 9.47 Å². The second kappa shape index (κ2) is 8.44. The average Bonchev–Trinajstić information content (AvgIpc) is 2.60. The van der Waals surface area contributed by atoms with Crippen molar-refractivity contribution in [1.29, 1.82) is 0 Å². The Balaban J connectivity index is 2.20. The molecule has 0 radical (unpaired) electrons. The van der Waals surface area contributed by atoms with Crippen LogP contribution < -0.4 is 10.1 Å². The summed E-state index contributed by atoms with van der Waals surface area (Å²) in [5, 5.41) is 2.69. The maximum atomic E-state index is 12.4. The number of benzene rings is 1. The minimum absolute atomic E-state index is 0.212. The number of esters is 1. The molecule has 1 heterocycles. The summed E-state index contributed by atoms with van der Waals surface area (Å²) in [5.74, 6) is -0.498. The number of carbonyl (C=O) groups excluding carboxylic acids is 2. The molecule has 1 aromatic carbocycles. The van der Waals surface area contributed by atoms with E-state index < -0.39 is 12.0 Å². The van der Waals surface area contributed by atoms with Gasteiger partial charge in [-0.25, -0.2) is 9.78 Å². The summed E-state index contributed by atoms with van der Waals surface area (Å²) in [7, 11) is 2.78. The summed E-state index contributed by atoms with van der Waals surface area (Å²) in [6, 6.07) is 9.58. The van der Waals surface area contributed by atoms with Crippen LogP contribution in [-0.2, 0) is 16.0 Å². The molecule has 6 nitrogen and oxygen atoms in total. The number of nitrogens with zero attached hydrogens (tertiary/aromatic N) is 1. The van der Waals surface area contributed by atoms with E-state index in [2.05, 4.69) is 26.2 Å². The number of methoxy groups -OCH3 is 2. The van der Waals surface area contributed by atoms with Crippen molar-refractivity contribution in [2.75, 3.05) is 14.2 Å². The highest BCUT2D eigenvalue weighted by molar-refractivity contribution is 9.10. The van der Waals surface area contributed by atoms with Gasteiger partial charge in [0.2, 0.25) is 5.88 Å². The van der Waals surface area contributed by atoms with Crippen LogP contribution in [0, 0.1) is 0 Å². The number of carbonyl (C=O) groups is 2. The third-order valence-electron chi connectivity index (χ3n) is 3.35. The number of aromatic nitrogens is 1. The van der Waals surface area contributed by atoms with Crippen LogP contribution in [0.1, 0.15) is 15.9 Å². The Labute approximate surface area is 148 Å². The lowest BCUT2D eigenvalue weighted by Crippen LogP contribution is -2.43. The third-order valence-corrected chi connectivity index (χ3v) is 3.84. The Bertz CT molecular complexity index is 736. The number of rotatable bonds is 6. The lowest BCUT2D eigenvalue weighted by molar-refractivity contribution is -0.142. The van der Waals surface area contributed by atoms with Gasteiger partial charge in [-0.2, -0.15) is 0 Å². The monoisotopic (exact) mass is 392 g/mol. The summed E-state index contributed by atoms with van der Waals surface area (Å²) < 4.78 is 10.8. The first-order valence-electron chi connectivity index (χ1n) is 7.17. The normalized spacial score (nSPS) is 11.5. The molecule has 0 saturated carbocycles. The van der Waals surface area contributed by atoms with Crippen LogP contribution in [0.15, 0.2) is 47.1 Å². The first-order valence-corrected chi connectivity index (χ1v) is 7.96. The van der Waals surface area contributed by atoms with Crippen molar-refractivity contribution in [3.05, 3.63) is 58.2 Å². The third kappa shape index (κ3) is 4.55. The van der Waals surface area contributed by atoms with Crippen LogP contribution in [0.5, 0.6) is 5.88 Å². The van der Waals surface area contributed by atoms with Gasteiger partial charge in [-0.3, -0.25) is 4.79 Å². The molecule has 24 heavy (non-hydrogen) atoms. The summed E-state index contributed by atoms with van der Waals surface area (Å²) >= 11 is 3.32. The number of hydrogen-bond donors (Lipinski definition) is 1. The van der Waals surface area contributed by atoms with Crippen molar-refractivity contribution in [3.8, 4) is 5.88 Å². The van der Waals surface area contributed by atoms with Crippen LogP contribution in [0.3, 0.4) is 0 Å². The van der Waals surface area contributed by atoms with Gasteiger partial charge < -0.3 is 14.8 Å². The van der Waals surface area contributed by atoms with Crippen LogP contribution in [0.2, 0.25) is 0 Å². The molecule has 126 valence electrons. The van der Waals surface area contributed by atoms with Gasteiger partial charge in [0.25, 0.3) is 5.91 Å². The molecule has 0 fully saturated rings. The van der Waals surface area contributed by atoms with E-state index in [0.717, 1.165) is 4.47 Å². The first kappa shape index (κ1) is 17.9. The molecule has 0 bridgehead atoms. The number of pyridine rings is 1. The molecular weight excluding hydrogens is 376 g/mol. The van der Waals surface area contributed by atoms with Gasteiger partial charge in [-0.1, -0.05) is 28.1 Å². The van der Waals surface area contributed by atoms with Crippen LogP contribution in [0.25, 0.3) is 0 Å². The van der Waals surface area contributed by atoms with Gasteiger partial charge in [-0.05, 0) is 24.3 Å². The van der Waals surface area contributed by atoms with Crippen molar-refractivity contribution >= 4 is 27.8 Å². The molecule has 0 spiro atoms. The number of hydrogen-bond acceptors (Lipinski definition) is 5. The van der Waals surface area contributed by atoms with Crippen LogP contribution >= 0.6 is 15.9 Å². The quantitative estimate of drug-likeness (QED) is 0.763. The molecule has 2 aromatic rings. The van der Waals surface area contributed by atoms with E-state index in [1.165, 1.54) is 14.2 Å². The highest BCUT2D eigenvalue weighted by Crippen LogP contribution is 2.17. The number of halogens is 1. The molecule has 7 heteroatoms. The molecule has 1 amide bonds. The average molecular weight is 393 g/mol. The van der Waals surface area contributed by atoms with Gasteiger partial charge in [0.15, 0.2) is 0 Å². The first-order chi connectivity index (χ1) is 11.5. The SMILES string of the molecule is COC(=O)[C@H](Cc1cccnc1OC)NC(=O)c1cccc(Br)c1. The fourth-order valence-corrected chi connectivity index (χ4v) is 2.59. The van der Waals surface area contributed by atoms with Crippen molar-refractivity contribution in [3.63, 3.8) is 0 Å². The van der Waals surface area contributed by atoms with Gasteiger partial charge in [0, 0.05) is 28.2 Å². The van der Waals surface area contributed by atoms with Crippen molar-refractivity contribution in [2.24, 2.45) is 0 Å². The summed E-state index contributed by atoms with van der Waals surface area (Å²) in [6.07, 6.45) is 1.80. The highest BCUT2D eigenvalue weighted by atomic mass is 79.9. The molecule has 0 unspecified atom stereocenters. The van der Waals surface area contributed by atoms with E-state index >= 15 is 0 Å². The maximum absolute atomic E-state index is 12.4. The summed E-state index contributed by atoms with van der Waals surface area (Å²) in [5.41, 5.74) is 1.14. The molecule has 0 saturated heterocycles. The van der Waals surface area contributed by atoms with Gasteiger partial charge >= 0.3 is 5.97 Å². The largest absolute Gasteiger partial charge is 0.481 e. The lowest BCUT2D eigenvalue weighted by atomic mass is 10.1. The van der Waals surface area contributed by atoms with Crippen LogP contribution in [0.4, 0.5) is 0 Å². The van der Waals surface area contributed by atoms with E-state index in [0.29, 0.717) is 17.0 Å². The maximum Gasteiger partial charge on any atom is 0.328 e. The van der Waals surface area contributed by atoms with Gasteiger partial charge in [-0.15, -0.1) is 0 Å². The second-order valence-electron chi connectivity index (χ2n) is 4.94. The second-order valence-corrected chi connectivity index (χ2v) is 5.85. The van der Waals surface area contributed by atoms with E-state index in [1.807, 2.05) is 6.07 Å². The lowest BCUT2D eigenvalue weighted by Gasteiger charge is -2.17. The fourth-order valence-electron chi connectivity index (χ4n) is 2.19. The Morgan fingerprint density at radius 3 is 2.71 bits per heavy atom. The van der Waals surface area contributed by atoms with Crippen molar-refractivity contribution in [2.45, 2.75) is 12.5 Å². The predicted molar refractivity (Wildman–Crippen MR) is 91.9 cm³/mol.